The number of nitrogens with zero attached hydrogens (tertiary/aromatic N) is 1. The van der Waals surface area contributed by atoms with Crippen LogP contribution < -0.4 is 0 Å². The van der Waals surface area contributed by atoms with Crippen molar-refractivity contribution in [3.05, 3.63) is 42.2 Å². The second-order valence-electron chi connectivity index (χ2n) is 2.38. The fourth-order valence-electron chi connectivity index (χ4n) is 1.01. The minimum atomic E-state index is 0.865. The Labute approximate surface area is 64.5 Å². The van der Waals surface area contributed by atoms with Gasteiger partial charge in [-0.05, 0) is 11.6 Å². The van der Waals surface area contributed by atoms with Crippen molar-refractivity contribution < 1.29 is 0 Å². The van der Waals surface area contributed by atoms with Crippen LogP contribution in [0.2, 0.25) is 0 Å². The van der Waals surface area contributed by atoms with Gasteiger partial charge in [-0.1, -0.05) is 0 Å². The lowest BCUT2D eigenvalue weighted by molar-refractivity contribution is 1.11. The van der Waals surface area contributed by atoms with Crippen molar-refractivity contribution >= 4 is 0 Å². The molecule has 0 atom stereocenters. The molecule has 11 heavy (non-hydrogen) atoms. The van der Waals surface area contributed by atoms with Crippen LogP contribution in [0.4, 0.5) is 0 Å². The molecule has 0 aliphatic rings. The maximum atomic E-state index is 3.92. The third kappa shape index (κ3) is 1.32. The first kappa shape index (κ1) is 6.22. The SMILES string of the molecule is [c]1[nH]ccc1Cc1cnc[nH]1. The fourth-order valence-corrected chi connectivity index (χ4v) is 1.01. The van der Waals surface area contributed by atoms with Crippen molar-refractivity contribution in [3.8, 4) is 0 Å². The van der Waals surface area contributed by atoms with Gasteiger partial charge in [0.15, 0.2) is 0 Å². The molecule has 2 aromatic heterocycles. The topological polar surface area (TPSA) is 44.5 Å². The zero-order chi connectivity index (χ0) is 7.52. The van der Waals surface area contributed by atoms with Gasteiger partial charge in [0.05, 0.1) is 12.5 Å². The van der Waals surface area contributed by atoms with Crippen LogP contribution in [0.3, 0.4) is 0 Å². The van der Waals surface area contributed by atoms with Crippen LogP contribution in [0.5, 0.6) is 0 Å². The summed E-state index contributed by atoms with van der Waals surface area (Å²) in [5, 5.41) is 0. The first-order valence-electron chi connectivity index (χ1n) is 3.46. The monoisotopic (exact) mass is 146 g/mol. The highest BCUT2D eigenvalue weighted by Gasteiger charge is 1.96. The molecular formula is C8H8N3. The van der Waals surface area contributed by atoms with Gasteiger partial charge in [-0.15, -0.1) is 0 Å². The second-order valence-corrected chi connectivity index (χ2v) is 2.38. The van der Waals surface area contributed by atoms with E-state index in [1.54, 1.807) is 6.33 Å². The van der Waals surface area contributed by atoms with Crippen molar-refractivity contribution in [3.63, 3.8) is 0 Å². The van der Waals surface area contributed by atoms with E-state index in [4.69, 9.17) is 0 Å². The average Bonchev–Trinajstić information content (AvgIpc) is 2.60. The van der Waals surface area contributed by atoms with Gasteiger partial charge in [-0.2, -0.15) is 0 Å². The van der Waals surface area contributed by atoms with E-state index >= 15 is 0 Å². The Bertz CT molecular complexity index is 262. The number of hydrogen-bond acceptors (Lipinski definition) is 1. The molecule has 3 nitrogen and oxygen atoms in total. The van der Waals surface area contributed by atoms with Gasteiger partial charge in [0.25, 0.3) is 0 Å². The van der Waals surface area contributed by atoms with Gasteiger partial charge in [0, 0.05) is 24.5 Å². The number of imidazole rings is 1. The Morgan fingerprint density at radius 2 is 2.55 bits per heavy atom. The lowest BCUT2D eigenvalue weighted by Crippen LogP contribution is -1.84. The normalized spacial score (nSPS) is 10.2. The summed E-state index contributed by atoms with van der Waals surface area (Å²) in [5.41, 5.74) is 2.26. The number of H-pyrrole nitrogens is 2. The molecule has 0 saturated carbocycles. The van der Waals surface area contributed by atoms with Gasteiger partial charge in [0.1, 0.15) is 0 Å². The fraction of sp³-hybridized carbons (Fsp3) is 0.125. The van der Waals surface area contributed by atoms with Crippen molar-refractivity contribution in [1.29, 1.82) is 0 Å². The highest BCUT2D eigenvalue weighted by molar-refractivity contribution is 5.15. The largest absolute Gasteiger partial charge is 0.360 e. The summed E-state index contributed by atoms with van der Waals surface area (Å²) in [7, 11) is 0. The summed E-state index contributed by atoms with van der Waals surface area (Å²) in [4.78, 5) is 9.84. The van der Waals surface area contributed by atoms with E-state index in [2.05, 4.69) is 21.1 Å². The Kier molecular flexibility index (Phi) is 1.48. The zero-order valence-electron chi connectivity index (χ0n) is 5.96. The van der Waals surface area contributed by atoms with Gasteiger partial charge in [-0.25, -0.2) is 4.98 Å². The molecule has 0 unspecified atom stereocenters. The van der Waals surface area contributed by atoms with Crippen LogP contribution in [0, 0.1) is 6.20 Å². The minimum absolute atomic E-state index is 0.865. The lowest BCUT2D eigenvalue weighted by Gasteiger charge is -1.89. The molecule has 55 valence electrons. The van der Waals surface area contributed by atoms with Crippen LogP contribution in [0.25, 0.3) is 0 Å². The molecule has 0 saturated heterocycles. The van der Waals surface area contributed by atoms with Crippen molar-refractivity contribution in [2.75, 3.05) is 0 Å². The second kappa shape index (κ2) is 2.62. The summed E-state index contributed by atoms with van der Waals surface area (Å²) in [6, 6.07) is 2.00. The predicted molar refractivity (Wildman–Crippen MR) is 41.0 cm³/mol. The molecule has 0 bridgehead atoms. The Morgan fingerprint density at radius 1 is 1.55 bits per heavy atom. The number of aromatic amines is 2. The Balaban J connectivity index is 2.14. The summed E-state index contributed by atoms with van der Waals surface area (Å²) in [5.74, 6) is 0. The quantitative estimate of drug-likeness (QED) is 0.655. The molecule has 0 fully saturated rings. The Morgan fingerprint density at radius 3 is 3.18 bits per heavy atom. The van der Waals surface area contributed by atoms with E-state index in [0.29, 0.717) is 0 Å². The average molecular weight is 146 g/mol. The van der Waals surface area contributed by atoms with E-state index in [-0.39, 0.29) is 0 Å². The zero-order valence-corrected chi connectivity index (χ0v) is 5.96. The maximum absolute atomic E-state index is 3.92. The van der Waals surface area contributed by atoms with E-state index in [1.807, 2.05) is 18.5 Å². The van der Waals surface area contributed by atoms with E-state index in [9.17, 15) is 0 Å². The molecule has 3 heteroatoms. The number of rotatable bonds is 2. The molecule has 1 radical (unpaired) electrons. The molecule has 0 aliphatic heterocycles. The van der Waals surface area contributed by atoms with E-state index in [0.717, 1.165) is 17.7 Å². The molecule has 0 spiro atoms. The highest BCUT2D eigenvalue weighted by Crippen LogP contribution is 2.03. The number of aromatic nitrogens is 3. The van der Waals surface area contributed by atoms with Crippen LogP contribution in [-0.4, -0.2) is 15.0 Å². The highest BCUT2D eigenvalue weighted by atomic mass is 14.9. The molecule has 0 aromatic carbocycles. The smallest absolute Gasteiger partial charge is 0.0921 e. The maximum Gasteiger partial charge on any atom is 0.0921 e. The summed E-state index contributed by atoms with van der Waals surface area (Å²) >= 11 is 0. The van der Waals surface area contributed by atoms with Crippen LogP contribution >= 0.6 is 0 Å². The minimum Gasteiger partial charge on any atom is -0.360 e. The van der Waals surface area contributed by atoms with Crippen molar-refractivity contribution in [2.45, 2.75) is 6.42 Å². The first-order valence-corrected chi connectivity index (χ1v) is 3.46. The summed E-state index contributed by atoms with van der Waals surface area (Å²) in [6.45, 7) is 0. The molecule has 2 heterocycles. The van der Waals surface area contributed by atoms with Crippen LogP contribution in [0.15, 0.2) is 24.8 Å². The summed E-state index contributed by atoms with van der Waals surface area (Å²) < 4.78 is 0. The third-order valence-corrected chi connectivity index (χ3v) is 1.54. The number of nitrogens with one attached hydrogen (secondary N) is 2. The van der Waals surface area contributed by atoms with Gasteiger partial charge in [-0.3, -0.25) is 0 Å². The molecule has 0 amide bonds. The molecule has 0 aliphatic carbocycles. The summed E-state index contributed by atoms with van der Waals surface area (Å²) in [6.07, 6.45) is 9.24. The van der Waals surface area contributed by atoms with Gasteiger partial charge in [0.2, 0.25) is 0 Å². The van der Waals surface area contributed by atoms with Gasteiger partial charge >= 0.3 is 0 Å². The van der Waals surface area contributed by atoms with Crippen molar-refractivity contribution in [1.82, 2.24) is 15.0 Å². The van der Waals surface area contributed by atoms with Crippen LogP contribution in [-0.2, 0) is 6.42 Å². The molecular weight excluding hydrogens is 138 g/mol. The predicted octanol–water partition coefficient (Wildman–Crippen LogP) is 1.13. The van der Waals surface area contributed by atoms with E-state index in [1.165, 1.54) is 0 Å². The molecule has 2 aromatic rings. The standard InChI is InChI=1S/C8H8N3/c1-2-9-4-7(1)3-8-5-10-6-11-8/h1-2,5-6,9H,3H2,(H,10,11). The van der Waals surface area contributed by atoms with Gasteiger partial charge < -0.3 is 9.97 Å². The third-order valence-electron chi connectivity index (χ3n) is 1.54. The molecule has 2 rings (SSSR count). The van der Waals surface area contributed by atoms with Crippen LogP contribution in [0.1, 0.15) is 11.3 Å². The van der Waals surface area contributed by atoms with Crippen molar-refractivity contribution in [2.24, 2.45) is 0 Å². The number of hydrogen-bond donors (Lipinski definition) is 2. The van der Waals surface area contributed by atoms with E-state index < -0.39 is 0 Å². The first-order chi connectivity index (χ1) is 5.45. The Hall–Kier alpha value is -1.51. The lowest BCUT2D eigenvalue weighted by atomic mass is 10.2. The molecule has 2 N–H and O–H groups in total.